The molecule has 2 rings (SSSR count). The Labute approximate surface area is 138 Å². The van der Waals surface area contributed by atoms with Gasteiger partial charge in [0.25, 0.3) is 0 Å². The van der Waals surface area contributed by atoms with Crippen LogP contribution in [0.3, 0.4) is 0 Å². The molecule has 1 aromatic rings. The molecule has 0 aliphatic carbocycles. The first-order valence-corrected chi connectivity index (χ1v) is 8.60. The minimum Gasteiger partial charge on any atom is -0.396 e. The van der Waals surface area contributed by atoms with E-state index in [-0.39, 0.29) is 18.6 Å². The van der Waals surface area contributed by atoms with Gasteiger partial charge in [0.1, 0.15) is 0 Å². The molecule has 6 nitrogen and oxygen atoms in total. The van der Waals surface area contributed by atoms with E-state index >= 15 is 0 Å². The van der Waals surface area contributed by atoms with Crippen LogP contribution in [0.15, 0.2) is 12.4 Å². The van der Waals surface area contributed by atoms with Crippen LogP contribution in [0, 0.1) is 11.8 Å². The summed E-state index contributed by atoms with van der Waals surface area (Å²) in [4.78, 5) is 14.8. The lowest BCUT2D eigenvalue weighted by atomic mass is 9.96. The molecule has 0 bridgehead atoms. The molecule has 1 saturated heterocycles. The molecule has 1 amide bonds. The highest BCUT2D eigenvalue weighted by Gasteiger charge is 2.28. The average Bonchev–Trinajstić information content (AvgIpc) is 2.96. The summed E-state index contributed by atoms with van der Waals surface area (Å²) in [6.07, 6.45) is 6.44. The minimum atomic E-state index is -0.152. The molecule has 1 aliphatic rings. The highest BCUT2D eigenvalue weighted by atomic mass is 16.3. The van der Waals surface area contributed by atoms with Crippen molar-refractivity contribution in [3.8, 4) is 0 Å². The molecule has 0 radical (unpaired) electrons. The molecule has 2 heterocycles. The Morgan fingerprint density at radius 3 is 2.65 bits per heavy atom. The average molecular weight is 322 g/mol. The predicted molar refractivity (Wildman–Crippen MR) is 89.7 cm³/mol. The molecule has 6 heteroatoms. The van der Waals surface area contributed by atoms with E-state index in [0.29, 0.717) is 18.4 Å². The van der Waals surface area contributed by atoms with Crippen LogP contribution in [0.5, 0.6) is 0 Å². The molecule has 1 aliphatic heterocycles. The lowest BCUT2D eigenvalue weighted by molar-refractivity contribution is -0.135. The first-order valence-electron chi connectivity index (χ1n) is 8.60. The summed E-state index contributed by atoms with van der Waals surface area (Å²) in [6.45, 7) is 6.69. The van der Waals surface area contributed by atoms with Crippen molar-refractivity contribution in [2.75, 3.05) is 19.7 Å². The van der Waals surface area contributed by atoms with E-state index in [1.807, 2.05) is 24.3 Å². The standard InChI is InChI=1S/C17H30N4O2/c1-13(2)8-16(18-9-15-10-19-20(3)11-15)17(23)21-6-4-14(12-22)5-7-21/h10-11,13-14,16,18,22H,4-9,12H2,1-3H3. The van der Waals surface area contributed by atoms with E-state index in [2.05, 4.69) is 24.3 Å². The number of rotatable bonds is 7. The van der Waals surface area contributed by atoms with Crippen molar-refractivity contribution < 1.29 is 9.90 Å². The van der Waals surface area contributed by atoms with Crippen molar-refractivity contribution in [1.29, 1.82) is 0 Å². The molecular formula is C17H30N4O2. The number of aliphatic hydroxyl groups is 1. The lowest BCUT2D eigenvalue weighted by Crippen LogP contribution is -2.49. The lowest BCUT2D eigenvalue weighted by Gasteiger charge is -2.34. The minimum absolute atomic E-state index is 0.152. The highest BCUT2D eigenvalue weighted by molar-refractivity contribution is 5.82. The normalized spacial score (nSPS) is 17.7. The Morgan fingerprint density at radius 2 is 2.13 bits per heavy atom. The number of carbonyl (C=O) groups excluding carboxylic acids is 1. The first-order chi connectivity index (χ1) is 11.0. The van der Waals surface area contributed by atoms with E-state index in [1.165, 1.54) is 0 Å². The summed E-state index contributed by atoms with van der Waals surface area (Å²) >= 11 is 0. The van der Waals surface area contributed by atoms with Gasteiger partial charge >= 0.3 is 0 Å². The molecule has 0 aromatic carbocycles. The second kappa shape index (κ2) is 8.45. The van der Waals surface area contributed by atoms with Crippen LogP contribution in [0.25, 0.3) is 0 Å². The smallest absolute Gasteiger partial charge is 0.239 e. The number of nitrogens with one attached hydrogen (secondary N) is 1. The molecule has 1 atom stereocenters. The Balaban J connectivity index is 1.92. The number of likely N-dealkylation sites (tertiary alicyclic amines) is 1. The largest absolute Gasteiger partial charge is 0.396 e. The van der Waals surface area contributed by atoms with E-state index < -0.39 is 0 Å². The van der Waals surface area contributed by atoms with E-state index in [1.54, 1.807) is 4.68 Å². The number of carbonyl (C=O) groups is 1. The molecule has 0 saturated carbocycles. The fourth-order valence-corrected chi connectivity index (χ4v) is 3.10. The first kappa shape index (κ1) is 17.9. The zero-order valence-electron chi connectivity index (χ0n) is 14.5. The number of nitrogens with zero attached hydrogens (tertiary/aromatic N) is 3. The van der Waals surface area contributed by atoms with Crippen LogP contribution in [0.2, 0.25) is 0 Å². The summed E-state index contributed by atoms with van der Waals surface area (Å²) in [5.74, 6) is 1.00. The summed E-state index contributed by atoms with van der Waals surface area (Å²) in [6, 6.07) is -0.152. The number of piperidine rings is 1. The summed E-state index contributed by atoms with van der Waals surface area (Å²) in [5.41, 5.74) is 1.09. The van der Waals surface area contributed by atoms with Gasteiger partial charge in [-0.15, -0.1) is 0 Å². The molecular weight excluding hydrogens is 292 g/mol. The van der Waals surface area contributed by atoms with E-state index in [9.17, 15) is 9.90 Å². The third-order valence-electron chi connectivity index (χ3n) is 4.50. The third kappa shape index (κ3) is 5.32. The quantitative estimate of drug-likeness (QED) is 0.790. The fourth-order valence-electron chi connectivity index (χ4n) is 3.10. The van der Waals surface area contributed by atoms with Gasteiger partial charge in [-0.05, 0) is 31.1 Å². The van der Waals surface area contributed by atoms with Crippen LogP contribution in [-0.2, 0) is 18.4 Å². The third-order valence-corrected chi connectivity index (χ3v) is 4.50. The number of aromatic nitrogens is 2. The predicted octanol–water partition coefficient (Wildman–Crippen LogP) is 1.16. The van der Waals surface area contributed by atoms with Gasteiger partial charge in [-0.25, -0.2) is 0 Å². The summed E-state index contributed by atoms with van der Waals surface area (Å²) in [7, 11) is 1.89. The molecule has 2 N–H and O–H groups in total. The summed E-state index contributed by atoms with van der Waals surface area (Å²) < 4.78 is 1.77. The number of aliphatic hydroxyl groups excluding tert-OH is 1. The van der Waals surface area contributed by atoms with Crippen molar-refractivity contribution in [1.82, 2.24) is 20.0 Å². The maximum atomic E-state index is 12.8. The highest BCUT2D eigenvalue weighted by Crippen LogP contribution is 2.18. The molecule has 1 unspecified atom stereocenters. The van der Waals surface area contributed by atoms with Gasteiger partial charge in [0.15, 0.2) is 0 Å². The van der Waals surface area contributed by atoms with Gasteiger partial charge < -0.3 is 15.3 Å². The fraction of sp³-hybridized carbons (Fsp3) is 0.765. The van der Waals surface area contributed by atoms with Crippen LogP contribution < -0.4 is 5.32 Å². The number of amides is 1. The van der Waals surface area contributed by atoms with Crippen LogP contribution in [-0.4, -0.2) is 51.4 Å². The van der Waals surface area contributed by atoms with Gasteiger partial charge in [0.05, 0.1) is 12.2 Å². The second-order valence-electron chi connectivity index (χ2n) is 7.04. The van der Waals surface area contributed by atoms with Crippen LogP contribution >= 0.6 is 0 Å². The maximum absolute atomic E-state index is 12.8. The Hall–Kier alpha value is -1.40. The summed E-state index contributed by atoms with van der Waals surface area (Å²) in [5, 5.41) is 16.8. The molecule has 0 spiro atoms. The van der Waals surface area contributed by atoms with Gasteiger partial charge in [-0.2, -0.15) is 5.10 Å². The monoisotopic (exact) mass is 322 g/mol. The van der Waals surface area contributed by atoms with Gasteiger partial charge in [0.2, 0.25) is 5.91 Å². The zero-order valence-corrected chi connectivity index (χ0v) is 14.5. The van der Waals surface area contributed by atoms with Crippen LogP contribution in [0.1, 0.15) is 38.7 Å². The van der Waals surface area contributed by atoms with Crippen molar-refractivity contribution in [3.63, 3.8) is 0 Å². The van der Waals surface area contributed by atoms with Gasteiger partial charge in [0, 0.05) is 45.0 Å². The van der Waals surface area contributed by atoms with E-state index in [4.69, 9.17) is 0 Å². The van der Waals surface area contributed by atoms with Gasteiger partial charge in [-0.3, -0.25) is 9.48 Å². The zero-order chi connectivity index (χ0) is 16.8. The van der Waals surface area contributed by atoms with Crippen molar-refractivity contribution >= 4 is 5.91 Å². The Bertz CT molecular complexity index is 493. The maximum Gasteiger partial charge on any atom is 0.239 e. The number of hydrogen-bond acceptors (Lipinski definition) is 4. The van der Waals surface area contributed by atoms with E-state index in [0.717, 1.165) is 37.9 Å². The molecule has 1 fully saturated rings. The second-order valence-corrected chi connectivity index (χ2v) is 7.04. The Morgan fingerprint density at radius 1 is 1.43 bits per heavy atom. The molecule has 130 valence electrons. The Kier molecular flexibility index (Phi) is 6.59. The van der Waals surface area contributed by atoms with Crippen LogP contribution in [0.4, 0.5) is 0 Å². The molecule has 1 aromatic heterocycles. The van der Waals surface area contributed by atoms with Crippen molar-refractivity contribution in [3.05, 3.63) is 18.0 Å². The van der Waals surface area contributed by atoms with Crippen molar-refractivity contribution in [2.24, 2.45) is 18.9 Å². The number of hydrogen-bond donors (Lipinski definition) is 2. The van der Waals surface area contributed by atoms with Crippen molar-refractivity contribution in [2.45, 2.75) is 45.7 Å². The SMILES string of the molecule is CC(C)CC(NCc1cnn(C)c1)C(=O)N1CCC(CO)CC1. The number of aryl methyl sites for hydroxylation is 1. The molecule has 23 heavy (non-hydrogen) atoms. The van der Waals surface area contributed by atoms with Gasteiger partial charge in [-0.1, -0.05) is 13.8 Å². The topological polar surface area (TPSA) is 70.4 Å².